The van der Waals surface area contributed by atoms with E-state index < -0.39 is 9.53 Å². The second-order valence-electron chi connectivity index (χ2n) is 5.45. The van der Waals surface area contributed by atoms with Crippen molar-refractivity contribution in [1.82, 2.24) is 0 Å². The van der Waals surface area contributed by atoms with Crippen LogP contribution in [0.2, 0.25) is 0 Å². The minimum Gasteiger partial charge on any atom is -0.379 e. The summed E-state index contributed by atoms with van der Waals surface area (Å²) in [5, 5.41) is 0. The highest BCUT2D eigenvalue weighted by molar-refractivity contribution is 6.36. The molecule has 2 rings (SSSR count). The van der Waals surface area contributed by atoms with Crippen molar-refractivity contribution >= 4 is 9.53 Å². The summed E-state index contributed by atoms with van der Waals surface area (Å²) in [4.78, 5) is 0. The highest BCUT2D eigenvalue weighted by atomic mass is 28.3. The molecule has 0 N–H and O–H groups in total. The van der Waals surface area contributed by atoms with Crippen LogP contribution in [0.5, 0.6) is 0 Å². The highest BCUT2D eigenvalue weighted by Gasteiger charge is 2.36. The Hall–Kier alpha value is 0.0969. The van der Waals surface area contributed by atoms with Gasteiger partial charge in [-0.3, -0.25) is 0 Å². The van der Waals surface area contributed by atoms with Gasteiger partial charge in [-0.2, -0.15) is 0 Å². The number of rotatable bonds is 6. The molecule has 0 spiro atoms. The maximum absolute atomic E-state index is 6.21. The molecule has 17 heavy (non-hydrogen) atoms. The Morgan fingerprint density at radius 3 is 1.59 bits per heavy atom. The van der Waals surface area contributed by atoms with E-state index >= 15 is 0 Å². The van der Waals surface area contributed by atoms with E-state index in [0.717, 1.165) is 11.8 Å². The molecular weight excluding hydrogens is 232 g/mol. The summed E-state index contributed by atoms with van der Waals surface area (Å²) in [6, 6.07) is 0. The summed E-state index contributed by atoms with van der Waals surface area (Å²) in [6.07, 6.45) is 11.3. The Kier molecular flexibility index (Phi) is 5.47. The molecule has 2 aliphatic rings. The first-order chi connectivity index (χ1) is 8.35. The van der Waals surface area contributed by atoms with Crippen molar-refractivity contribution in [3.63, 3.8) is 0 Å². The lowest BCUT2D eigenvalue weighted by atomic mass is 9.89. The van der Waals surface area contributed by atoms with Gasteiger partial charge in [0.05, 0.1) is 6.10 Å². The molecule has 0 saturated heterocycles. The molecule has 3 nitrogen and oxygen atoms in total. The van der Waals surface area contributed by atoms with Gasteiger partial charge in [-0.25, -0.2) is 0 Å². The second-order valence-corrected chi connectivity index (χ2v) is 7.24. The first kappa shape index (κ1) is 13.5. The van der Waals surface area contributed by atoms with Crippen molar-refractivity contribution in [3.05, 3.63) is 0 Å². The molecule has 0 aromatic carbocycles. The van der Waals surface area contributed by atoms with E-state index in [9.17, 15) is 0 Å². The van der Waals surface area contributed by atoms with Crippen LogP contribution in [0.15, 0.2) is 0 Å². The molecule has 0 aromatic rings. The molecule has 0 heterocycles. The molecule has 0 aromatic heterocycles. The first-order valence-corrected chi connectivity index (χ1v) is 8.47. The van der Waals surface area contributed by atoms with Crippen LogP contribution in [-0.4, -0.2) is 29.9 Å². The van der Waals surface area contributed by atoms with Crippen LogP contribution >= 0.6 is 0 Å². The van der Waals surface area contributed by atoms with Crippen molar-refractivity contribution in [1.29, 1.82) is 0 Å². The third-order valence-corrected chi connectivity index (χ3v) is 5.69. The molecular formula is C13H26O3Si. The van der Waals surface area contributed by atoms with Crippen molar-refractivity contribution < 1.29 is 13.3 Å². The predicted octanol–water partition coefficient (Wildman–Crippen LogP) is 2.76. The topological polar surface area (TPSA) is 27.7 Å². The van der Waals surface area contributed by atoms with E-state index in [2.05, 4.69) is 0 Å². The zero-order chi connectivity index (χ0) is 12.1. The van der Waals surface area contributed by atoms with Gasteiger partial charge in [0, 0.05) is 14.2 Å². The van der Waals surface area contributed by atoms with Crippen molar-refractivity contribution in [2.75, 3.05) is 14.2 Å². The summed E-state index contributed by atoms with van der Waals surface area (Å²) in [7, 11) is 1.56. The average Bonchev–Trinajstić information content (AvgIpc) is 3.03. The molecule has 0 unspecified atom stereocenters. The Balaban J connectivity index is 1.95. The lowest BCUT2D eigenvalue weighted by Gasteiger charge is -2.31. The summed E-state index contributed by atoms with van der Waals surface area (Å²) in [5.74, 6) is 1.52. The summed E-state index contributed by atoms with van der Waals surface area (Å²) in [6.45, 7) is 0. The quantitative estimate of drug-likeness (QED) is 0.686. The maximum Gasteiger partial charge on any atom is 0.483 e. The van der Waals surface area contributed by atoms with E-state index in [-0.39, 0.29) is 0 Å². The Bertz CT molecular complexity index is 193. The molecule has 2 fully saturated rings. The molecule has 0 aliphatic heterocycles. The standard InChI is InChI=1S/C13H26O3Si/c1-14-17(15-2)16-13(11-7-3-4-8-11)12-9-5-6-10-12/h11-13,17H,3-10H2,1-2H3. The van der Waals surface area contributed by atoms with Crippen LogP contribution < -0.4 is 0 Å². The largest absolute Gasteiger partial charge is 0.483 e. The SMILES string of the molecule is CO[SiH](OC)OC(C1CCCC1)C1CCCC1. The Labute approximate surface area is 107 Å². The monoisotopic (exact) mass is 258 g/mol. The van der Waals surface area contributed by atoms with Crippen molar-refractivity contribution in [3.8, 4) is 0 Å². The van der Waals surface area contributed by atoms with Gasteiger partial charge in [-0.05, 0) is 37.5 Å². The zero-order valence-electron chi connectivity index (χ0n) is 11.2. The molecule has 0 atom stereocenters. The molecule has 0 amide bonds. The van der Waals surface area contributed by atoms with Crippen LogP contribution in [0.25, 0.3) is 0 Å². The fraction of sp³-hybridized carbons (Fsp3) is 1.00. The third-order valence-electron chi connectivity index (χ3n) is 4.38. The second kappa shape index (κ2) is 6.88. The van der Waals surface area contributed by atoms with E-state index in [4.69, 9.17) is 13.3 Å². The van der Waals surface area contributed by atoms with Crippen LogP contribution in [0.3, 0.4) is 0 Å². The smallest absolute Gasteiger partial charge is 0.379 e. The predicted molar refractivity (Wildman–Crippen MR) is 70.0 cm³/mol. The van der Waals surface area contributed by atoms with Gasteiger partial charge in [0.2, 0.25) is 0 Å². The molecule has 0 radical (unpaired) electrons. The zero-order valence-corrected chi connectivity index (χ0v) is 12.3. The molecule has 100 valence electrons. The summed E-state index contributed by atoms with van der Waals surface area (Å²) >= 11 is 0. The molecule has 2 saturated carbocycles. The first-order valence-electron chi connectivity index (χ1n) is 7.06. The van der Waals surface area contributed by atoms with E-state index in [1.54, 1.807) is 14.2 Å². The van der Waals surface area contributed by atoms with E-state index in [1.807, 2.05) is 0 Å². The third kappa shape index (κ3) is 3.53. The minimum absolute atomic E-state index is 0.413. The van der Waals surface area contributed by atoms with Gasteiger partial charge >= 0.3 is 9.53 Å². The minimum atomic E-state index is -1.86. The van der Waals surface area contributed by atoms with Crippen LogP contribution in [0, 0.1) is 11.8 Å². The fourth-order valence-electron chi connectivity index (χ4n) is 3.51. The Morgan fingerprint density at radius 1 is 0.824 bits per heavy atom. The van der Waals surface area contributed by atoms with Gasteiger partial charge < -0.3 is 13.3 Å². The molecule has 0 bridgehead atoms. The van der Waals surface area contributed by atoms with Crippen molar-refractivity contribution in [2.45, 2.75) is 57.5 Å². The lowest BCUT2D eigenvalue weighted by molar-refractivity contribution is 0.0185. The van der Waals surface area contributed by atoms with Crippen LogP contribution in [0.1, 0.15) is 51.4 Å². The van der Waals surface area contributed by atoms with Gasteiger partial charge in [0.1, 0.15) is 0 Å². The number of hydrogen-bond donors (Lipinski definition) is 0. The summed E-state index contributed by atoms with van der Waals surface area (Å²) < 4.78 is 16.9. The summed E-state index contributed by atoms with van der Waals surface area (Å²) in [5.41, 5.74) is 0. The Morgan fingerprint density at radius 2 is 1.24 bits per heavy atom. The fourth-order valence-corrected chi connectivity index (χ4v) is 4.63. The van der Waals surface area contributed by atoms with Gasteiger partial charge in [0.15, 0.2) is 0 Å². The van der Waals surface area contributed by atoms with Gasteiger partial charge in [-0.15, -0.1) is 0 Å². The molecule has 2 aliphatic carbocycles. The van der Waals surface area contributed by atoms with Crippen LogP contribution in [0.4, 0.5) is 0 Å². The van der Waals surface area contributed by atoms with Crippen LogP contribution in [-0.2, 0) is 13.3 Å². The average molecular weight is 258 g/mol. The lowest BCUT2D eigenvalue weighted by Crippen LogP contribution is -2.38. The van der Waals surface area contributed by atoms with Gasteiger partial charge in [-0.1, -0.05) is 25.7 Å². The number of hydrogen-bond acceptors (Lipinski definition) is 3. The maximum atomic E-state index is 6.21. The van der Waals surface area contributed by atoms with Gasteiger partial charge in [0.25, 0.3) is 0 Å². The highest BCUT2D eigenvalue weighted by Crippen LogP contribution is 2.39. The normalized spacial score (nSPS) is 23.3. The van der Waals surface area contributed by atoms with Crippen molar-refractivity contribution in [2.24, 2.45) is 11.8 Å². The van der Waals surface area contributed by atoms with E-state index in [0.29, 0.717) is 6.10 Å². The van der Waals surface area contributed by atoms with E-state index in [1.165, 1.54) is 51.4 Å². The molecule has 4 heteroatoms.